The Hall–Kier alpha value is -2.34. The van der Waals surface area contributed by atoms with Gasteiger partial charge in [-0.2, -0.15) is 0 Å². The van der Waals surface area contributed by atoms with E-state index in [0.717, 1.165) is 69.6 Å². The maximum absolute atomic E-state index is 13.5. The van der Waals surface area contributed by atoms with Gasteiger partial charge in [-0.1, -0.05) is 24.6 Å². The first-order chi connectivity index (χ1) is 14.6. The molecule has 4 rings (SSSR count). The number of ether oxygens (including phenoxy) is 1. The van der Waals surface area contributed by atoms with Crippen LogP contribution in [0.4, 0.5) is 0 Å². The van der Waals surface area contributed by atoms with Crippen LogP contribution in [0.25, 0.3) is 0 Å². The van der Waals surface area contributed by atoms with Crippen molar-refractivity contribution in [2.24, 2.45) is 12.5 Å². The highest BCUT2D eigenvalue weighted by Gasteiger charge is 2.42. The number of amides is 1. The van der Waals surface area contributed by atoms with Crippen molar-refractivity contribution in [3.8, 4) is 5.75 Å². The number of hydrogen-bond acceptors (Lipinski definition) is 4. The first-order valence-electron chi connectivity index (χ1n) is 11.2. The molecule has 6 nitrogen and oxygen atoms in total. The molecule has 0 atom stereocenters. The van der Waals surface area contributed by atoms with Crippen LogP contribution >= 0.6 is 0 Å². The summed E-state index contributed by atoms with van der Waals surface area (Å²) in [6.45, 7) is 3.95. The van der Waals surface area contributed by atoms with Gasteiger partial charge in [0.25, 0.3) is 0 Å². The van der Waals surface area contributed by atoms with E-state index in [4.69, 9.17) is 4.74 Å². The zero-order chi connectivity index (χ0) is 21.0. The van der Waals surface area contributed by atoms with Crippen LogP contribution in [-0.4, -0.2) is 58.5 Å². The van der Waals surface area contributed by atoms with Crippen LogP contribution < -0.4 is 4.74 Å². The Labute approximate surface area is 179 Å². The van der Waals surface area contributed by atoms with Crippen molar-refractivity contribution < 1.29 is 9.53 Å². The number of likely N-dealkylation sites (N-methyl/N-ethyl adjacent to an activating group) is 1. The van der Waals surface area contributed by atoms with Gasteiger partial charge in [-0.3, -0.25) is 9.69 Å². The number of carbonyl (C=O) groups is 1. The van der Waals surface area contributed by atoms with Crippen molar-refractivity contribution in [3.63, 3.8) is 0 Å². The van der Waals surface area contributed by atoms with Gasteiger partial charge in [-0.05, 0) is 56.8 Å². The van der Waals surface area contributed by atoms with Crippen LogP contribution in [0.5, 0.6) is 5.75 Å². The summed E-state index contributed by atoms with van der Waals surface area (Å²) in [5, 5.41) is 0. The second-order valence-electron chi connectivity index (χ2n) is 8.98. The molecule has 0 radical (unpaired) electrons. The van der Waals surface area contributed by atoms with Crippen LogP contribution in [0.2, 0.25) is 0 Å². The SMILES string of the molecule is CN1CCOc2ccccc2CCCCC2(CCN(Cc3cn(C)cn3)CC2)C1=O. The number of fused-ring (bicyclic) bond motifs is 1. The van der Waals surface area contributed by atoms with Crippen molar-refractivity contribution >= 4 is 5.91 Å². The molecule has 0 bridgehead atoms. The van der Waals surface area contributed by atoms with Crippen molar-refractivity contribution in [2.75, 3.05) is 33.3 Å². The Bertz CT molecular complexity index is 854. The quantitative estimate of drug-likeness (QED) is 0.763. The van der Waals surface area contributed by atoms with Gasteiger partial charge >= 0.3 is 0 Å². The fraction of sp³-hybridized carbons (Fsp3) is 0.583. The molecule has 1 amide bonds. The molecule has 3 heterocycles. The van der Waals surface area contributed by atoms with E-state index < -0.39 is 0 Å². The molecular formula is C24H34N4O2. The third kappa shape index (κ3) is 4.69. The Balaban J connectivity index is 1.42. The van der Waals surface area contributed by atoms with Gasteiger partial charge in [0.2, 0.25) is 5.91 Å². The zero-order valence-corrected chi connectivity index (χ0v) is 18.3. The lowest BCUT2D eigenvalue weighted by molar-refractivity contribution is -0.145. The summed E-state index contributed by atoms with van der Waals surface area (Å²) < 4.78 is 8.02. The summed E-state index contributed by atoms with van der Waals surface area (Å²) in [4.78, 5) is 22.3. The summed E-state index contributed by atoms with van der Waals surface area (Å²) in [7, 11) is 3.94. The number of nitrogens with zero attached hydrogens (tertiary/aromatic N) is 4. The van der Waals surface area contributed by atoms with Crippen LogP contribution in [0.3, 0.4) is 0 Å². The first kappa shape index (κ1) is 20.9. The fourth-order valence-electron chi connectivity index (χ4n) is 4.92. The number of imidazole rings is 1. The van der Waals surface area contributed by atoms with E-state index >= 15 is 0 Å². The van der Waals surface area contributed by atoms with E-state index in [-0.39, 0.29) is 5.41 Å². The summed E-state index contributed by atoms with van der Waals surface area (Å²) in [5.41, 5.74) is 2.16. The zero-order valence-electron chi connectivity index (χ0n) is 18.3. The van der Waals surface area contributed by atoms with Crippen molar-refractivity contribution in [1.29, 1.82) is 0 Å². The van der Waals surface area contributed by atoms with E-state index in [9.17, 15) is 4.79 Å². The number of carbonyl (C=O) groups excluding carboxylic acids is 1. The van der Waals surface area contributed by atoms with Crippen molar-refractivity contribution in [2.45, 2.75) is 45.1 Å². The standard InChI is InChI=1S/C24H34N4O2/c1-26-17-21(25-19-26)18-28-13-11-24(12-14-28)10-6-5-8-20-7-3-4-9-22(20)30-16-15-27(2)23(24)29/h3-4,7,9,17,19H,5-6,8,10-16,18H2,1-2H3. The second kappa shape index (κ2) is 9.21. The van der Waals surface area contributed by atoms with Gasteiger partial charge in [0.05, 0.1) is 24.0 Å². The molecule has 162 valence electrons. The lowest BCUT2D eigenvalue weighted by atomic mass is 9.73. The van der Waals surface area contributed by atoms with Crippen molar-refractivity contribution in [1.82, 2.24) is 19.4 Å². The number of para-hydroxylation sites is 1. The lowest BCUT2D eigenvalue weighted by Crippen LogP contribution is -2.50. The van der Waals surface area contributed by atoms with Gasteiger partial charge in [-0.15, -0.1) is 0 Å². The number of benzene rings is 1. The molecule has 2 aliphatic heterocycles. The minimum Gasteiger partial charge on any atom is -0.491 e. The summed E-state index contributed by atoms with van der Waals surface area (Å²) >= 11 is 0. The molecule has 2 aromatic rings. The minimum absolute atomic E-state index is 0.228. The summed E-state index contributed by atoms with van der Waals surface area (Å²) in [6, 6.07) is 8.32. The molecule has 1 aromatic carbocycles. The minimum atomic E-state index is -0.228. The molecular weight excluding hydrogens is 376 g/mol. The monoisotopic (exact) mass is 410 g/mol. The lowest BCUT2D eigenvalue weighted by Gasteiger charge is -2.42. The predicted molar refractivity (Wildman–Crippen MR) is 117 cm³/mol. The molecule has 1 aromatic heterocycles. The predicted octanol–water partition coefficient (Wildman–Crippen LogP) is 3.27. The normalized spacial score (nSPS) is 20.9. The number of aromatic nitrogens is 2. The number of aryl methyl sites for hydroxylation is 2. The van der Waals surface area contributed by atoms with E-state index in [0.29, 0.717) is 19.1 Å². The van der Waals surface area contributed by atoms with Crippen molar-refractivity contribution in [3.05, 3.63) is 48.0 Å². The van der Waals surface area contributed by atoms with Gasteiger partial charge < -0.3 is 14.2 Å². The molecule has 1 spiro atoms. The molecule has 30 heavy (non-hydrogen) atoms. The average Bonchev–Trinajstić information content (AvgIpc) is 3.16. The largest absolute Gasteiger partial charge is 0.491 e. The number of likely N-dealkylation sites (tertiary alicyclic amines) is 1. The Kier molecular flexibility index (Phi) is 6.42. The molecule has 6 heteroatoms. The van der Waals surface area contributed by atoms with E-state index in [1.54, 1.807) is 0 Å². The van der Waals surface area contributed by atoms with E-state index in [2.05, 4.69) is 28.2 Å². The van der Waals surface area contributed by atoms with Gasteiger partial charge in [0.15, 0.2) is 0 Å². The van der Waals surface area contributed by atoms with Gasteiger partial charge in [-0.25, -0.2) is 4.98 Å². The molecule has 0 N–H and O–H groups in total. The summed E-state index contributed by atoms with van der Waals surface area (Å²) in [5.74, 6) is 1.27. The molecule has 0 saturated carbocycles. The highest BCUT2D eigenvalue weighted by molar-refractivity contribution is 5.82. The van der Waals surface area contributed by atoms with Crippen LogP contribution in [0, 0.1) is 5.41 Å². The van der Waals surface area contributed by atoms with E-state index in [1.807, 2.05) is 42.0 Å². The van der Waals surface area contributed by atoms with Gasteiger partial charge in [0.1, 0.15) is 12.4 Å². The first-order valence-corrected chi connectivity index (χ1v) is 11.2. The molecule has 0 aliphatic carbocycles. The Morgan fingerprint density at radius 3 is 2.63 bits per heavy atom. The maximum atomic E-state index is 13.5. The maximum Gasteiger partial charge on any atom is 0.228 e. The Morgan fingerprint density at radius 1 is 1.07 bits per heavy atom. The smallest absolute Gasteiger partial charge is 0.228 e. The Morgan fingerprint density at radius 2 is 1.87 bits per heavy atom. The molecule has 1 saturated heterocycles. The second-order valence-corrected chi connectivity index (χ2v) is 8.98. The van der Waals surface area contributed by atoms with Crippen LogP contribution in [0.15, 0.2) is 36.8 Å². The molecule has 0 unspecified atom stereocenters. The number of rotatable bonds is 2. The highest BCUT2D eigenvalue weighted by Crippen LogP contribution is 2.39. The fourth-order valence-corrected chi connectivity index (χ4v) is 4.92. The average molecular weight is 411 g/mol. The number of piperidine rings is 1. The van der Waals surface area contributed by atoms with E-state index in [1.165, 1.54) is 5.56 Å². The third-order valence-electron chi connectivity index (χ3n) is 6.77. The molecule has 2 aliphatic rings. The third-order valence-corrected chi connectivity index (χ3v) is 6.77. The van der Waals surface area contributed by atoms with Crippen LogP contribution in [0.1, 0.15) is 43.4 Å². The topological polar surface area (TPSA) is 50.6 Å². The summed E-state index contributed by atoms with van der Waals surface area (Å²) in [6.07, 6.45) is 9.97. The highest BCUT2D eigenvalue weighted by atomic mass is 16.5. The number of hydrogen-bond donors (Lipinski definition) is 0. The molecule has 1 fully saturated rings. The van der Waals surface area contributed by atoms with Gasteiger partial charge in [0, 0.05) is 26.8 Å². The van der Waals surface area contributed by atoms with Crippen LogP contribution in [-0.2, 0) is 24.8 Å².